The number of benzene rings is 3. The van der Waals surface area contributed by atoms with Crippen LogP contribution in [0.5, 0.6) is 0 Å². The zero-order valence-corrected chi connectivity index (χ0v) is 17.5. The second kappa shape index (κ2) is 7.67. The van der Waals surface area contributed by atoms with E-state index >= 15 is 0 Å². The fourth-order valence-corrected chi connectivity index (χ4v) is 5.21. The van der Waals surface area contributed by atoms with Crippen LogP contribution in [0.3, 0.4) is 0 Å². The Hall–Kier alpha value is -3.32. The van der Waals surface area contributed by atoms with Crippen LogP contribution < -0.4 is 4.90 Å². The molecule has 0 radical (unpaired) electrons. The van der Waals surface area contributed by atoms with Gasteiger partial charge in [0.15, 0.2) is 6.10 Å². The van der Waals surface area contributed by atoms with E-state index in [0.29, 0.717) is 12.2 Å². The minimum Gasteiger partial charge on any atom is -0.282 e. The lowest BCUT2D eigenvalue weighted by Crippen LogP contribution is -2.43. The Labute approximate surface area is 186 Å². The smallest absolute Gasteiger partial charge is 0.265 e. The molecule has 3 aromatic rings. The number of carbonyl (C=O) groups is 2. The average molecular weight is 425 g/mol. The van der Waals surface area contributed by atoms with E-state index in [0.717, 1.165) is 12.1 Å². The summed E-state index contributed by atoms with van der Waals surface area (Å²) in [7, 11) is 0. The summed E-state index contributed by atoms with van der Waals surface area (Å²) in [4.78, 5) is 36.7. The number of carbonyl (C=O) groups excluding carboxylic acids is 2. The molecule has 0 aromatic heterocycles. The predicted molar refractivity (Wildman–Crippen MR) is 119 cm³/mol. The van der Waals surface area contributed by atoms with Gasteiger partial charge in [-0.15, -0.1) is 0 Å². The molecule has 3 heterocycles. The van der Waals surface area contributed by atoms with Crippen LogP contribution in [0.2, 0.25) is 0 Å². The predicted octanol–water partition coefficient (Wildman–Crippen LogP) is 3.38. The van der Waals surface area contributed by atoms with Crippen LogP contribution in [-0.4, -0.2) is 40.6 Å². The Balaban J connectivity index is 1.37. The first-order valence-electron chi connectivity index (χ1n) is 10.9. The average Bonchev–Trinajstić information content (AvgIpc) is 3.46. The van der Waals surface area contributed by atoms with Crippen molar-refractivity contribution in [3.8, 4) is 0 Å². The Morgan fingerprint density at radius 2 is 1.41 bits per heavy atom. The number of hydrogen-bond acceptors (Lipinski definition) is 5. The molecule has 2 amide bonds. The molecule has 3 aliphatic heterocycles. The van der Waals surface area contributed by atoms with Crippen molar-refractivity contribution in [1.29, 1.82) is 0 Å². The number of hydroxylamine groups is 2. The van der Waals surface area contributed by atoms with E-state index in [1.165, 1.54) is 10.5 Å². The molecule has 3 fully saturated rings. The van der Waals surface area contributed by atoms with Crippen molar-refractivity contribution in [2.75, 3.05) is 11.4 Å². The lowest BCUT2D eigenvalue weighted by atomic mass is 10.0. The summed E-state index contributed by atoms with van der Waals surface area (Å²) in [5.41, 5.74) is 2.88. The molecule has 0 N–H and O–H groups in total. The van der Waals surface area contributed by atoms with Crippen molar-refractivity contribution in [2.24, 2.45) is 5.92 Å². The first-order valence-corrected chi connectivity index (χ1v) is 10.9. The molecule has 0 aliphatic carbocycles. The molecule has 6 rings (SSSR count). The largest absolute Gasteiger partial charge is 0.282 e. The highest BCUT2D eigenvalue weighted by Crippen LogP contribution is 2.47. The van der Waals surface area contributed by atoms with Gasteiger partial charge in [0.05, 0.1) is 11.7 Å². The van der Waals surface area contributed by atoms with Crippen LogP contribution in [0.4, 0.5) is 5.69 Å². The molecule has 160 valence electrons. The van der Waals surface area contributed by atoms with Crippen LogP contribution in [-0.2, 0) is 21.0 Å². The van der Waals surface area contributed by atoms with Gasteiger partial charge in [0.2, 0.25) is 5.91 Å². The quantitative estimate of drug-likeness (QED) is 0.600. The highest BCUT2D eigenvalue weighted by molar-refractivity contribution is 6.23. The first-order chi connectivity index (χ1) is 15.7. The van der Waals surface area contributed by atoms with Crippen LogP contribution in [0, 0.1) is 5.92 Å². The molecule has 0 saturated carbocycles. The van der Waals surface area contributed by atoms with Crippen molar-refractivity contribution < 1.29 is 14.4 Å². The van der Waals surface area contributed by atoms with Gasteiger partial charge in [-0.2, -0.15) is 5.06 Å². The van der Waals surface area contributed by atoms with Crippen LogP contribution in [0.15, 0.2) is 91.0 Å². The minimum absolute atomic E-state index is 0.0405. The number of imide groups is 1. The highest BCUT2D eigenvalue weighted by atomic mass is 16.7. The molecule has 3 saturated heterocycles. The number of hydrogen-bond donors (Lipinski definition) is 0. The molecule has 4 atom stereocenters. The monoisotopic (exact) mass is 425 g/mol. The summed E-state index contributed by atoms with van der Waals surface area (Å²) < 4.78 is 0. The third kappa shape index (κ3) is 2.99. The third-order valence-corrected chi connectivity index (χ3v) is 6.63. The minimum atomic E-state index is -0.794. The molecular weight excluding hydrogens is 402 g/mol. The van der Waals surface area contributed by atoms with Gasteiger partial charge >= 0.3 is 0 Å². The lowest BCUT2D eigenvalue weighted by Gasteiger charge is -2.27. The van der Waals surface area contributed by atoms with E-state index < -0.39 is 12.0 Å². The zero-order chi connectivity index (χ0) is 21.7. The molecule has 0 spiro atoms. The fourth-order valence-electron chi connectivity index (χ4n) is 5.21. The van der Waals surface area contributed by atoms with E-state index in [4.69, 9.17) is 4.84 Å². The van der Waals surface area contributed by atoms with Crippen LogP contribution in [0.25, 0.3) is 0 Å². The van der Waals surface area contributed by atoms with Crippen molar-refractivity contribution in [1.82, 2.24) is 9.96 Å². The summed E-state index contributed by atoms with van der Waals surface area (Å²) in [5.74, 6) is -1.03. The maximum absolute atomic E-state index is 13.6. The van der Waals surface area contributed by atoms with Gasteiger partial charge in [-0.25, -0.2) is 4.90 Å². The molecule has 32 heavy (non-hydrogen) atoms. The van der Waals surface area contributed by atoms with Gasteiger partial charge in [-0.3, -0.25) is 19.3 Å². The fraction of sp³-hybridized carbons (Fsp3) is 0.231. The summed E-state index contributed by atoms with van der Waals surface area (Å²) in [6, 6.07) is 29.4. The number of amides is 2. The maximum atomic E-state index is 13.6. The van der Waals surface area contributed by atoms with Gasteiger partial charge in [0.1, 0.15) is 12.1 Å². The van der Waals surface area contributed by atoms with Gasteiger partial charge in [-0.1, -0.05) is 78.9 Å². The van der Waals surface area contributed by atoms with Crippen LogP contribution in [0.1, 0.15) is 17.2 Å². The number of para-hydroxylation sites is 1. The molecule has 0 unspecified atom stereocenters. The first kappa shape index (κ1) is 19.4. The molecule has 3 aliphatic rings. The summed E-state index contributed by atoms with van der Waals surface area (Å²) in [5, 5.41) is 1.89. The number of rotatable bonds is 4. The maximum Gasteiger partial charge on any atom is 0.265 e. The summed E-state index contributed by atoms with van der Waals surface area (Å²) in [6.45, 7) is 1.41. The van der Waals surface area contributed by atoms with Gasteiger partial charge in [-0.05, 0) is 23.3 Å². The van der Waals surface area contributed by atoms with Gasteiger partial charge in [0.25, 0.3) is 5.91 Å². The lowest BCUT2D eigenvalue weighted by molar-refractivity contribution is -0.183. The number of fused-ring (bicyclic) bond motifs is 3. The number of nitrogens with zero attached hydrogens (tertiary/aromatic N) is 3. The number of anilines is 1. The zero-order valence-electron chi connectivity index (χ0n) is 17.5. The van der Waals surface area contributed by atoms with E-state index in [2.05, 4.69) is 29.2 Å². The van der Waals surface area contributed by atoms with Crippen molar-refractivity contribution in [2.45, 2.75) is 24.9 Å². The van der Waals surface area contributed by atoms with E-state index in [1.807, 2.05) is 59.7 Å². The molecule has 6 nitrogen and oxygen atoms in total. The topological polar surface area (TPSA) is 53.1 Å². The SMILES string of the molecule is O=C1[C@H]2[C@@H]3N(Cc4ccccc4)C[C@@H](c4ccccc4)N3O[C@H]2C(=O)N1c1ccccc1. The van der Waals surface area contributed by atoms with Gasteiger partial charge < -0.3 is 0 Å². The van der Waals surface area contributed by atoms with Crippen molar-refractivity contribution in [3.05, 3.63) is 102 Å². The molecular formula is C26H23N3O3. The molecule has 3 aromatic carbocycles. The highest BCUT2D eigenvalue weighted by Gasteiger charge is 2.64. The second-order valence-corrected chi connectivity index (χ2v) is 8.51. The third-order valence-electron chi connectivity index (χ3n) is 6.63. The normalized spacial score (nSPS) is 27.7. The Morgan fingerprint density at radius 3 is 2.09 bits per heavy atom. The van der Waals surface area contributed by atoms with E-state index in [1.54, 1.807) is 12.1 Å². The standard InChI is InChI=1S/C26H23N3O3/c30-25-22-23(26(31)28(25)20-14-8-3-9-15-20)32-29-21(19-12-6-2-7-13-19)17-27(24(22)29)16-18-10-4-1-5-11-18/h1-15,21-24H,16-17H2/t21-,22+,23+,24+/m0/s1. The van der Waals surface area contributed by atoms with E-state index in [-0.39, 0.29) is 24.0 Å². The Bertz CT molecular complexity index is 1140. The van der Waals surface area contributed by atoms with Crippen molar-refractivity contribution >= 4 is 17.5 Å². The Morgan fingerprint density at radius 1 is 0.781 bits per heavy atom. The Kier molecular flexibility index (Phi) is 4.64. The summed E-state index contributed by atoms with van der Waals surface area (Å²) in [6.07, 6.45) is -1.09. The second-order valence-electron chi connectivity index (χ2n) is 8.51. The van der Waals surface area contributed by atoms with E-state index in [9.17, 15) is 9.59 Å². The van der Waals surface area contributed by atoms with Crippen LogP contribution >= 0.6 is 0 Å². The molecule has 0 bridgehead atoms. The molecule has 6 heteroatoms. The summed E-state index contributed by atoms with van der Waals surface area (Å²) >= 11 is 0. The van der Waals surface area contributed by atoms with Gasteiger partial charge in [0, 0.05) is 13.1 Å². The van der Waals surface area contributed by atoms with Crippen molar-refractivity contribution in [3.63, 3.8) is 0 Å².